The number of nitrogens with zero attached hydrogens (tertiary/aromatic N) is 2. The monoisotopic (exact) mass is 182 g/mol. The van der Waals surface area contributed by atoms with Crippen LogP contribution in [0.15, 0.2) is 0 Å². The Bertz CT molecular complexity index is 307. The fourth-order valence-corrected chi connectivity index (χ4v) is 1.71. The highest BCUT2D eigenvalue weighted by Gasteiger charge is 2.25. The number of rotatable bonds is 1. The molecule has 0 amide bonds. The minimum Gasteiger partial charge on any atom is -0.493 e. The Morgan fingerprint density at radius 3 is 2.15 bits per heavy atom. The molecule has 3 nitrogen and oxygen atoms in total. The second-order valence-electron chi connectivity index (χ2n) is 4.34. The van der Waals surface area contributed by atoms with Gasteiger partial charge in [0.15, 0.2) is 5.75 Å². The van der Waals surface area contributed by atoms with Crippen LogP contribution in [0.2, 0.25) is 0 Å². The molecular weight excluding hydrogens is 164 g/mol. The van der Waals surface area contributed by atoms with Crippen molar-refractivity contribution in [3.63, 3.8) is 0 Å². The molecule has 0 aromatic carbocycles. The van der Waals surface area contributed by atoms with E-state index in [0.717, 1.165) is 17.1 Å². The van der Waals surface area contributed by atoms with Gasteiger partial charge in [0.05, 0.1) is 12.8 Å². The van der Waals surface area contributed by atoms with E-state index in [-0.39, 0.29) is 5.41 Å². The highest BCUT2D eigenvalue weighted by atomic mass is 16.5. The molecule has 0 unspecified atom stereocenters. The molecule has 1 rings (SSSR count). The second-order valence-corrected chi connectivity index (χ2v) is 4.34. The van der Waals surface area contributed by atoms with Crippen LogP contribution in [-0.2, 0) is 12.5 Å². The predicted octanol–water partition coefficient (Wildman–Crippen LogP) is 2.03. The highest BCUT2D eigenvalue weighted by molar-refractivity contribution is 5.37. The van der Waals surface area contributed by atoms with Gasteiger partial charge in [-0.15, -0.1) is 0 Å². The molecule has 0 aliphatic heterocycles. The van der Waals surface area contributed by atoms with Gasteiger partial charge in [-0.2, -0.15) is 5.10 Å². The maximum atomic E-state index is 5.34. The Hall–Kier alpha value is -0.990. The number of hydrogen-bond acceptors (Lipinski definition) is 2. The first-order valence-electron chi connectivity index (χ1n) is 4.46. The lowest BCUT2D eigenvalue weighted by molar-refractivity contribution is 0.389. The molecule has 0 bridgehead atoms. The van der Waals surface area contributed by atoms with Crippen LogP contribution < -0.4 is 4.74 Å². The van der Waals surface area contributed by atoms with E-state index >= 15 is 0 Å². The number of aromatic nitrogens is 2. The van der Waals surface area contributed by atoms with E-state index in [9.17, 15) is 0 Å². The molecule has 0 radical (unpaired) electrons. The molecule has 13 heavy (non-hydrogen) atoms. The maximum absolute atomic E-state index is 5.34. The van der Waals surface area contributed by atoms with Crippen LogP contribution in [0.25, 0.3) is 0 Å². The molecule has 1 aromatic rings. The fourth-order valence-electron chi connectivity index (χ4n) is 1.71. The normalized spacial score (nSPS) is 11.8. The maximum Gasteiger partial charge on any atom is 0.163 e. The molecule has 3 heteroatoms. The number of aryl methyl sites for hydroxylation is 2. The summed E-state index contributed by atoms with van der Waals surface area (Å²) >= 11 is 0. The minimum absolute atomic E-state index is 0.0708. The molecule has 74 valence electrons. The third-order valence-electron chi connectivity index (χ3n) is 2.08. The van der Waals surface area contributed by atoms with E-state index in [2.05, 4.69) is 25.9 Å². The topological polar surface area (TPSA) is 27.1 Å². The van der Waals surface area contributed by atoms with Crippen molar-refractivity contribution in [2.45, 2.75) is 33.1 Å². The SMILES string of the molecule is COc1c(C)nn(C)c1C(C)(C)C. The molecule has 0 aliphatic rings. The molecule has 0 N–H and O–H groups in total. The van der Waals surface area contributed by atoms with Gasteiger partial charge in [-0.3, -0.25) is 4.68 Å². The smallest absolute Gasteiger partial charge is 0.163 e. The lowest BCUT2D eigenvalue weighted by Gasteiger charge is -2.20. The summed E-state index contributed by atoms with van der Waals surface area (Å²) in [6.45, 7) is 8.44. The van der Waals surface area contributed by atoms with Crippen LogP contribution in [0.4, 0.5) is 0 Å². The minimum atomic E-state index is 0.0708. The zero-order chi connectivity index (χ0) is 10.2. The Balaban J connectivity index is 3.34. The summed E-state index contributed by atoms with van der Waals surface area (Å²) in [6.07, 6.45) is 0. The van der Waals surface area contributed by atoms with Crippen molar-refractivity contribution in [1.82, 2.24) is 9.78 Å². The summed E-state index contributed by atoms with van der Waals surface area (Å²) in [5, 5.41) is 4.34. The van der Waals surface area contributed by atoms with E-state index in [1.54, 1.807) is 7.11 Å². The zero-order valence-electron chi connectivity index (χ0n) is 9.30. The number of hydrogen-bond donors (Lipinski definition) is 0. The fraction of sp³-hybridized carbons (Fsp3) is 0.700. The van der Waals surface area contributed by atoms with E-state index in [1.165, 1.54) is 0 Å². The lowest BCUT2D eigenvalue weighted by Crippen LogP contribution is -2.17. The first kappa shape index (κ1) is 10.1. The van der Waals surface area contributed by atoms with Crippen LogP contribution in [-0.4, -0.2) is 16.9 Å². The van der Waals surface area contributed by atoms with Gasteiger partial charge in [-0.05, 0) is 6.92 Å². The lowest BCUT2D eigenvalue weighted by atomic mass is 9.91. The zero-order valence-corrected chi connectivity index (χ0v) is 9.30. The van der Waals surface area contributed by atoms with E-state index in [4.69, 9.17) is 4.74 Å². The molecule has 0 saturated heterocycles. The van der Waals surface area contributed by atoms with Crippen LogP contribution in [0.3, 0.4) is 0 Å². The summed E-state index contributed by atoms with van der Waals surface area (Å²) in [5.41, 5.74) is 2.17. The summed E-state index contributed by atoms with van der Waals surface area (Å²) in [5.74, 6) is 0.912. The third-order valence-corrected chi connectivity index (χ3v) is 2.08. The van der Waals surface area contributed by atoms with Crippen LogP contribution in [0.5, 0.6) is 5.75 Å². The first-order chi connectivity index (χ1) is 5.88. The summed E-state index contributed by atoms with van der Waals surface area (Å²) in [4.78, 5) is 0. The Labute approximate surface area is 79.7 Å². The average Bonchev–Trinajstić information content (AvgIpc) is 2.23. The predicted molar refractivity (Wildman–Crippen MR) is 53.2 cm³/mol. The van der Waals surface area contributed by atoms with Crippen molar-refractivity contribution in [3.05, 3.63) is 11.4 Å². The molecule has 0 atom stereocenters. The number of ether oxygens (including phenoxy) is 1. The Morgan fingerprint density at radius 1 is 1.31 bits per heavy atom. The summed E-state index contributed by atoms with van der Waals surface area (Å²) < 4.78 is 7.24. The summed E-state index contributed by atoms with van der Waals surface area (Å²) in [6, 6.07) is 0. The Morgan fingerprint density at radius 2 is 1.85 bits per heavy atom. The van der Waals surface area contributed by atoms with E-state index in [0.29, 0.717) is 0 Å². The molecule has 1 heterocycles. The van der Waals surface area contributed by atoms with Gasteiger partial charge in [0.1, 0.15) is 5.69 Å². The van der Waals surface area contributed by atoms with Gasteiger partial charge in [-0.1, -0.05) is 20.8 Å². The van der Waals surface area contributed by atoms with Crippen molar-refractivity contribution in [2.24, 2.45) is 7.05 Å². The van der Waals surface area contributed by atoms with Crippen molar-refractivity contribution < 1.29 is 4.74 Å². The van der Waals surface area contributed by atoms with Gasteiger partial charge in [0.2, 0.25) is 0 Å². The molecule has 0 saturated carbocycles. The van der Waals surface area contributed by atoms with Crippen molar-refractivity contribution in [3.8, 4) is 5.75 Å². The standard InChI is InChI=1S/C10H18N2O/c1-7-8(13-6)9(10(2,3)4)12(5)11-7/h1-6H3. The molecule has 0 spiro atoms. The average molecular weight is 182 g/mol. The van der Waals surface area contributed by atoms with Crippen LogP contribution >= 0.6 is 0 Å². The molecule has 1 aromatic heterocycles. The Kier molecular flexibility index (Phi) is 2.37. The van der Waals surface area contributed by atoms with Gasteiger partial charge in [0.25, 0.3) is 0 Å². The first-order valence-corrected chi connectivity index (χ1v) is 4.46. The van der Waals surface area contributed by atoms with Crippen molar-refractivity contribution >= 4 is 0 Å². The van der Waals surface area contributed by atoms with Gasteiger partial charge >= 0.3 is 0 Å². The third kappa shape index (κ3) is 1.69. The molecular formula is C10H18N2O. The van der Waals surface area contributed by atoms with Gasteiger partial charge in [0, 0.05) is 12.5 Å². The quantitative estimate of drug-likeness (QED) is 0.664. The van der Waals surface area contributed by atoms with Crippen LogP contribution in [0, 0.1) is 6.92 Å². The number of methoxy groups -OCH3 is 1. The van der Waals surface area contributed by atoms with E-state index in [1.807, 2.05) is 18.7 Å². The van der Waals surface area contributed by atoms with Crippen molar-refractivity contribution in [1.29, 1.82) is 0 Å². The largest absolute Gasteiger partial charge is 0.493 e. The second kappa shape index (κ2) is 3.05. The van der Waals surface area contributed by atoms with Crippen molar-refractivity contribution in [2.75, 3.05) is 7.11 Å². The van der Waals surface area contributed by atoms with Gasteiger partial charge in [-0.25, -0.2) is 0 Å². The molecule has 0 fully saturated rings. The van der Waals surface area contributed by atoms with E-state index < -0.39 is 0 Å². The van der Waals surface area contributed by atoms with Crippen LogP contribution in [0.1, 0.15) is 32.2 Å². The highest BCUT2D eigenvalue weighted by Crippen LogP contribution is 2.32. The van der Waals surface area contributed by atoms with Gasteiger partial charge < -0.3 is 4.74 Å². The molecule has 0 aliphatic carbocycles. The summed E-state index contributed by atoms with van der Waals surface area (Å²) in [7, 11) is 3.65.